The van der Waals surface area contributed by atoms with Gasteiger partial charge in [-0.15, -0.1) is 0 Å². The number of rotatable bonds is 3. The zero-order chi connectivity index (χ0) is 17.9. The summed E-state index contributed by atoms with van der Waals surface area (Å²) < 4.78 is 16.7. The number of piperazine rings is 1. The number of carbonyl (C=O) groups is 1. The smallest absolute Gasteiger partial charge is 0.410 e. The van der Waals surface area contributed by atoms with Gasteiger partial charge < -0.3 is 24.0 Å². The van der Waals surface area contributed by atoms with Crippen molar-refractivity contribution in [3.8, 4) is 5.75 Å². The van der Waals surface area contributed by atoms with Gasteiger partial charge in [0.25, 0.3) is 0 Å². The van der Waals surface area contributed by atoms with Gasteiger partial charge in [-0.05, 0) is 45.0 Å². The van der Waals surface area contributed by atoms with Crippen LogP contribution in [0.4, 0.5) is 10.5 Å². The van der Waals surface area contributed by atoms with Crippen molar-refractivity contribution in [2.45, 2.75) is 38.9 Å². The lowest BCUT2D eigenvalue weighted by Gasteiger charge is -2.36. The van der Waals surface area contributed by atoms with Gasteiger partial charge in [0.2, 0.25) is 0 Å². The van der Waals surface area contributed by atoms with E-state index >= 15 is 0 Å². The summed E-state index contributed by atoms with van der Waals surface area (Å²) >= 11 is 0. The molecular weight excluding hydrogens is 320 g/mol. The number of benzene rings is 1. The molecule has 0 radical (unpaired) electrons. The maximum Gasteiger partial charge on any atom is 0.410 e. The minimum atomic E-state index is -0.450. The predicted molar refractivity (Wildman–Crippen MR) is 96.3 cm³/mol. The van der Waals surface area contributed by atoms with Crippen LogP contribution in [0.25, 0.3) is 0 Å². The van der Waals surface area contributed by atoms with Crippen LogP contribution in [-0.4, -0.2) is 62.1 Å². The summed E-state index contributed by atoms with van der Waals surface area (Å²) in [6.07, 6.45) is 0.895. The predicted octanol–water partition coefficient (Wildman–Crippen LogP) is 2.91. The van der Waals surface area contributed by atoms with Gasteiger partial charge >= 0.3 is 6.09 Å². The molecule has 0 N–H and O–H groups in total. The third-order valence-electron chi connectivity index (χ3n) is 4.32. The van der Waals surface area contributed by atoms with Gasteiger partial charge in [0, 0.05) is 38.3 Å². The van der Waals surface area contributed by atoms with E-state index in [0.717, 1.165) is 37.6 Å². The van der Waals surface area contributed by atoms with Crippen LogP contribution in [0.15, 0.2) is 24.3 Å². The molecule has 0 bridgehead atoms. The van der Waals surface area contributed by atoms with E-state index in [1.54, 1.807) is 4.90 Å². The number of anilines is 1. The highest BCUT2D eigenvalue weighted by molar-refractivity contribution is 5.68. The van der Waals surface area contributed by atoms with Gasteiger partial charge in [0.05, 0.1) is 13.2 Å². The van der Waals surface area contributed by atoms with Gasteiger partial charge in [0.15, 0.2) is 0 Å². The second-order valence-electron chi connectivity index (χ2n) is 7.55. The number of hydrogen-bond donors (Lipinski definition) is 0. The Morgan fingerprint density at radius 1 is 1.12 bits per heavy atom. The molecule has 2 saturated heterocycles. The Labute approximate surface area is 149 Å². The molecule has 1 atom stereocenters. The van der Waals surface area contributed by atoms with Crippen LogP contribution in [0.2, 0.25) is 0 Å². The van der Waals surface area contributed by atoms with E-state index in [9.17, 15) is 4.79 Å². The molecule has 3 rings (SSSR count). The third-order valence-corrected chi connectivity index (χ3v) is 4.32. The first-order valence-electron chi connectivity index (χ1n) is 8.98. The Bertz CT molecular complexity index is 568. The molecule has 2 heterocycles. The van der Waals surface area contributed by atoms with E-state index in [4.69, 9.17) is 14.2 Å². The lowest BCUT2D eigenvalue weighted by molar-refractivity contribution is 0.0240. The Kier molecular flexibility index (Phi) is 5.37. The summed E-state index contributed by atoms with van der Waals surface area (Å²) in [4.78, 5) is 16.2. The molecule has 2 aliphatic rings. The molecule has 2 aliphatic heterocycles. The molecule has 6 nitrogen and oxygen atoms in total. The van der Waals surface area contributed by atoms with E-state index in [1.807, 2.05) is 32.9 Å². The molecule has 0 aromatic heterocycles. The van der Waals surface area contributed by atoms with Crippen molar-refractivity contribution in [2.24, 2.45) is 0 Å². The SMILES string of the molecule is CC(C)(C)OC(=O)N1CCN(c2ccc(OC3CCOC3)cc2)CC1. The van der Waals surface area contributed by atoms with Gasteiger partial charge in [-0.3, -0.25) is 0 Å². The number of nitrogens with zero attached hydrogens (tertiary/aromatic N) is 2. The highest BCUT2D eigenvalue weighted by Crippen LogP contribution is 2.23. The number of ether oxygens (including phenoxy) is 3. The quantitative estimate of drug-likeness (QED) is 0.841. The van der Waals surface area contributed by atoms with Crippen molar-refractivity contribution in [1.82, 2.24) is 4.90 Å². The first kappa shape index (κ1) is 17.9. The first-order valence-corrected chi connectivity index (χ1v) is 8.98. The summed E-state index contributed by atoms with van der Waals surface area (Å²) in [5.74, 6) is 0.881. The average molecular weight is 348 g/mol. The highest BCUT2D eigenvalue weighted by atomic mass is 16.6. The van der Waals surface area contributed by atoms with Gasteiger partial charge in [-0.2, -0.15) is 0 Å². The van der Waals surface area contributed by atoms with Crippen molar-refractivity contribution >= 4 is 11.8 Å². The molecule has 1 amide bonds. The van der Waals surface area contributed by atoms with E-state index in [0.29, 0.717) is 19.7 Å². The maximum atomic E-state index is 12.1. The Balaban J connectivity index is 1.50. The Hall–Kier alpha value is -1.95. The number of amides is 1. The highest BCUT2D eigenvalue weighted by Gasteiger charge is 2.26. The van der Waals surface area contributed by atoms with Gasteiger partial charge in [-0.25, -0.2) is 4.79 Å². The fourth-order valence-electron chi connectivity index (χ4n) is 3.01. The minimum Gasteiger partial charge on any atom is -0.488 e. The van der Waals surface area contributed by atoms with Crippen LogP contribution in [0.5, 0.6) is 5.75 Å². The molecular formula is C19H28N2O4. The van der Waals surface area contributed by atoms with Crippen molar-refractivity contribution in [3.63, 3.8) is 0 Å². The Morgan fingerprint density at radius 2 is 1.80 bits per heavy atom. The van der Waals surface area contributed by atoms with Crippen molar-refractivity contribution in [3.05, 3.63) is 24.3 Å². The van der Waals surface area contributed by atoms with Crippen LogP contribution in [0, 0.1) is 0 Å². The summed E-state index contributed by atoms with van der Waals surface area (Å²) in [6.45, 7) is 10.1. The van der Waals surface area contributed by atoms with Crippen LogP contribution in [-0.2, 0) is 9.47 Å². The van der Waals surface area contributed by atoms with Crippen molar-refractivity contribution < 1.29 is 19.0 Å². The molecule has 0 aliphatic carbocycles. The van der Waals surface area contributed by atoms with Crippen molar-refractivity contribution in [2.75, 3.05) is 44.3 Å². The largest absolute Gasteiger partial charge is 0.488 e. The van der Waals surface area contributed by atoms with Crippen LogP contribution in [0.1, 0.15) is 27.2 Å². The topological polar surface area (TPSA) is 51.2 Å². The average Bonchev–Trinajstić information content (AvgIpc) is 3.07. The summed E-state index contributed by atoms with van der Waals surface area (Å²) in [5, 5.41) is 0. The van der Waals surface area contributed by atoms with Crippen LogP contribution < -0.4 is 9.64 Å². The van der Waals surface area contributed by atoms with E-state index in [1.165, 1.54) is 0 Å². The zero-order valence-corrected chi connectivity index (χ0v) is 15.4. The monoisotopic (exact) mass is 348 g/mol. The number of hydrogen-bond acceptors (Lipinski definition) is 5. The zero-order valence-electron chi connectivity index (χ0n) is 15.4. The molecule has 6 heteroatoms. The third kappa shape index (κ3) is 5.01. The molecule has 25 heavy (non-hydrogen) atoms. The molecule has 0 saturated carbocycles. The van der Waals surface area contributed by atoms with Crippen LogP contribution >= 0.6 is 0 Å². The minimum absolute atomic E-state index is 0.170. The van der Waals surface area contributed by atoms with Crippen molar-refractivity contribution in [1.29, 1.82) is 0 Å². The van der Waals surface area contributed by atoms with Gasteiger partial charge in [0.1, 0.15) is 17.5 Å². The summed E-state index contributed by atoms with van der Waals surface area (Å²) in [5.41, 5.74) is 0.702. The number of carbonyl (C=O) groups excluding carboxylic acids is 1. The van der Waals surface area contributed by atoms with Gasteiger partial charge in [-0.1, -0.05) is 0 Å². The Morgan fingerprint density at radius 3 is 2.36 bits per heavy atom. The lowest BCUT2D eigenvalue weighted by Crippen LogP contribution is -2.50. The van der Waals surface area contributed by atoms with E-state index < -0.39 is 5.60 Å². The summed E-state index contributed by atoms with van der Waals surface area (Å²) in [6, 6.07) is 8.17. The fraction of sp³-hybridized carbons (Fsp3) is 0.632. The lowest BCUT2D eigenvalue weighted by atomic mass is 10.2. The normalized spacial score (nSPS) is 21.3. The second-order valence-corrected chi connectivity index (χ2v) is 7.55. The van der Waals surface area contributed by atoms with E-state index in [-0.39, 0.29) is 12.2 Å². The standard InChI is InChI=1S/C19H28N2O4/c1-19(2,3)25-18(22)21-11-9-20(10-12-21)15-4-6-16(7-5-15)24-17-8-13-23-14-17/h4-7,17H,8-14H2,1-3H3. The molecule has 1 unspecified atom stereocenters. The molecule has 138 valence electrons. The first-order chi connectivity index (χ1) is 11.9. The maximum absolute atomic E-state index is 12.1. The molecule has 1 aromatic rings. The second kappa shape index (κ2) is 7.52. The molecule has 2 fully saturated rings. The van der Waals surface area contributed by atoms with E-state index in [2.05, 4.69) is 17.0 Å². The molecule has 0 spiro atoms. The molecule has 1 aromatic carbocycles. The summed E-state index contributed by atoms with van der Waals surface area (Å²) in [7, 11) is 0. The van der Waals surface area contributed by atoms with Crippen LogP contribution in [0.3, 0.4) is 0 Å². The fourth-order valence-corrected chi connectivity index (χ4v) is 3.01.